The first-order chi connectivity index (χ1) is 12.6. The number of hydrogen-bond donors (Lipinski definition) is 1. The lowest BCUT2D eigenvalue weighted by Gasteiger charge is -2.27. The molecule has 3 aromatic rings. The van der Waals surface area contributed by atoms with Crippen LogP contribution in [-0.2, 0) is 0 Å². The lowest BCUT2D eigenvalue weighted by atomic mass is 10.00. The Balaban J connectivity index is 1.68. The number of rotatable bonds is 3. The predicted molar refractivity (Wildman–Crippen MR) is 97.7 cm³/mol. The van der Waals surface area contributed by atoms with E-state index in [0.717, 1.165) is 0 Å². The summed E-state index contributed by atoms with van der Waals surface area (Å²) in [6.45, 7) is 0.373. The minimum atomic E-state index is -0.422. The summed E-state index contributed by atoms with van der Waals surface area (Å²) in [6.07, 6.45) is 2.12. The van der Waals surface area contributed by atoms with Crippen LogP contribution in [0.4, 0.5) is 10.1 Å². The third-order valence-electron chi connectivity index (χ3n) is 4.28. The van der Waals surface area contributed by atoms with Gasteiger partial charge < -0.3 is 10.1 Å². The fraction of sp³-hybridized carbons (Fsp3) is 0.158. The molecular formula is C19H15ClFN3O2. The second-order valence-corrected chi connectivity index (χ2v) is 6.29. The zero-order valence-electron chi connectivity index (χ0n) is 13.7. The number of ether oxygens (including phenoxy) is 1. The van der Waals surface area contributed by atoms with Gasteiger partial charge in [0, 0.05) is 12.0 Å². The maximum atomic E-state index is 13.9. The molecule has 0 amide bonds. The van der Waals surface area contributed by atoms with Crippen molar-refractivity contribution in [2.24, 2.45) is 0 Å². The lowest BCUT2D eigenvalue weighted by Crippen LogP contribution is -2.25. The standard InChI is InChI=1S/C19H15ClFN3O2/c20-17-16(11-22-24(19(17)25)12-5-2-1-3-6-12)23-15-9-10-26-18-13(15)7-4-8-14(18)21/h1-8,11,15,23H,9-10H2/t15-/m0/s1. The largest absolute Gasteiger partial charge is 0.490 e. The van der Waals surface area contributed by atoms with Gasteiger partial charge in [-0.1, -0.05) is 41.9 Å². The van der Waals surface area contributed by atoms with E-state index in [1.807, 2.05) is 18.2 Å². The lowest BCUT2D eigenvalue weighted by molar-refractivity contribution is 0.260. The fourth-order valence-corrected chi connectivity index (χ4v) is 3.19. The Kier molecular flexibility index (Phi) is 4.34. The fourth-order valence-electron chi connectivity index (χ4n) is 3.01. The molecular weight excluding hydrogens is 357 g/mol. The molecule has 0 bridgehead atoms. The first-order valence-corrected chi connectivity index (χ1v) is 8.54. The van der Waals surface area contributed by atoms with E-state index in [4.69, 9.17) is 16.3 Å². The average molecular weight is 372 g/mol. The zero-order chi connectivity index (χ0) is 18.1. The number of fused-ring (bicyclic) bond motifs is 1. The van der Waals surface area contributed by atoms with Crippen LogP contribution in [0, 0.1) is 5.82 Å². The van der Waals surface area contributed by atoms with E-state index in [9.17, 15) is 9.18 Å². The number of nitrogens with one attached hydrogen (secondary N) is 1. The number of nitrogens with zero attached hydrogens (tertiary/aromatic N) is 2. The van der Waals surface area contributed by atoms with Crippen LogP contribution in [0.15, 0.2) is 59.5 Å². The quantitative estimate of drug-likeness (QED) is 0.757. The van der Waals surface area contributed by atoms with Crippen molar-refractivity contribution in [1.82, 2.24) is 9.78 Å². The Morgan fingerprint density at radius 2 is 2.00 bits per heavy atom. The first kappa shape index (κ1) is 16.6. The highest BCUT2D eigenvalue weighted by atomic mass is 35.5. The minimum Gasteiger partial charge on any atom is -0.490 e. The van der Waals surface area contributed by atoms with Crippen molar-refractivity contribution in [3.05, 3.63) is 81.5 Å². The summed E-state index contributed by atoms with van der Waals surface area (Å²) in [5, 5.41) is 7.43. The van der Waals surface area contributed by atoms with Crippen LogP contribution in [0.2, 0.25) is 5.02 Å². The number of hydrogen-bond acceptors (Lipinski definition) is 4. The van der Waals surface area contributed by atoms with Crippen LogP contribution in [0.3, 0.4) is 0 Å². The van der Waals surface area contributed by atoms with Gasteiger partial charge in [-0.05, 0) is 18.2 Å². The summed E-state index contributed by atoms with van der Waals surface area (Å²) in [5.74, 6) is -0.171. The maximum absolute atomic E-state index is 13.9. The van der Waals surface area contributed by atoms with Gasteiger partial charge in [0.05, 0.1) is 30.2 Å². The molecule has 0 saturated carbocycles. The second-order valence-electron chi connectivity index (χ2n) is 5.92. The molecule has 2 aromatic carbocycles. The molecule has 0 unspecified atom stereocenters. The van der Waals surface area contributed by atoms with Crippen molar-refractivity contribution in [3.8, 4) is 11.4 Å². The molecule has 1 aromatic heterocycles. The molecule has 1 aliphatic heterocycles. The molecule has 1 atom stereocenters. The molecule has 7 heteroatoms. The molecule has 132 valence electrons. The zero-order valence-corrected chi connectivity index (χ0v) is 14.4. The summed E-state index contributed by atoms with van der Waals surface area (Å²) in [7, 11) is 0. The number of benzene rings is 2. The molecule has 0 aliphatic carbocycles. The van der Waals surface area contributed by atoms with Crippen molar-refractivity contribution in [2.75, 3.05) is 11.9 Å². The first-order valence-electron chi connectivity index (χ1n) is 8.16. The Bertz CT molecular complexity index is 1010. The van der Waals surface area contributed by atoms with E-state index < -0.39 is 11.4 Å². The number of aromatic nitrogens is 2. The van der Waals surface area contributed by atoms with Gasteiger partial charge >= 0.3 is 0 Å². The second kappa shape index (κ2) is 6.80. The molecule has 0 saturated heterocycles. The van der Waals surface area contributed by atoms with Crippen LogP contribution in [0.25, 0.3) is 5.69 Å². The Morgan fingerprint density at radius 3 is 2.81 bits per heavy atom. The topological polar surface area (TPSA) is 56.1 Å². The van der Waals surface area contributed by atoms with Gasteiger partial charge in [-0.25, -0.2) is 4.39 Å². The van der Waals surface area contributed by atoms with Crippen LogP contribution in [0.5, 0.6) is 5.75 Å². The van der Waals surface area contributed by atoms with Crippen molar-refractivity contribution >= 4 is 17.3 Å². The molecule has 2 heterocycles. The Labute approximate surface area is 154 Å². The summed E-state index contributed by atoms with van der Waals surface area (Å²) < 4.78 is 20.6. The van der Waals surface area contributed by atoms with Crippen LogP contribution in [0.1, 0.15) is 18.0 Å². The van der Waals surface area contributed by atoms with Gasteiger partial charge in [-0.15, -0.1) is 0 Å². The molecule has 4 rings (SSSR count). The van der Waals surface area contributed by atoms with Gasteiger partial charge in [0.2, 0.25) is 0 Å². The van der Waals surface area contributed by atoms with E-state index in [1.54, 1.807) is 24.3 Å². The van der Waals surface area contributed by atoms with Crippen LogP contribution < -0.4 is 15.6 Å². The molecule has 1 N–H and O–H groups in total. The van der Waals surface area contributed by atoms with Crippen molar-refractivity contribution < 1.29 is 9.13 Å². The Morgan fingerprint density at radius 1 is 1.19 bits per heavy atom. The molecule has 0 fully saturated rings. The summed E-state index contributed by atoms with van der Waals surface area (Å²) in [4.78, 5) is 12.6. The minimum absolute atomic E-state index is 0.0355. The number of para-hydroxylation sites is 2. The Hall–Kier alpha value is -2.86. The van der Waals surface area contributed by atoms with E-state index in [1.165, 1.54) is 16.9 Å². The molecule has 5 nitrogen and oxygen atoms in total. The van der Waals surface area contributed by atoms with Gasteiger partial charge in [0.25, 0.3) is 5.56 Å². The van der Waals surface area contributed by atoms with Gasteiger partial charge in [0.1, 0.15) is 5.02 Å². The normalized spacial score (nSPS) is 15.8. The summed E-state index contributed by atoms with van der Waals surface area (Å²) in [6, 6.07) is 13.6. The molecule has 0 spiro atoms. The van der Waals surface area contributed by atoms with Crippen molar-refractivity contribution in [2.45, 2.75) is 12.5 Å². The molecule has 26 heavy (non-hydrogen) atoms. The highest BCUT2D eigenvalue weighted by molar-refractivity contribution is 6.33. The monoisotopic (exact) mass is 371 g/mol. The smallest absolute Gasteiger partial charge is 0.292 e. The SMILES string of the molecule is O=c1c(Cl)c(N[C@H]2CCOc3c(F)cccc32)cnn1-c1ccccc1. The maximum Gasteiger partial charge on any atom is 0.292 e. The van der Waals surface area contributed by atoms with Crippen LogP contribution in [-0.4, -0.2) is 16.4 Å². The third kappa shape index (κ3) is 2.93. The average Bonchev–Trinajstić information content (AvgIpc) is 2.67. The highest BCUT2D eigenvalue weighted by Crippen LogP contribution is 2.36. The van der Waals surface area contributed by atoms with Gasteiger partial charge in [-0.3, -0.25) is 4.79 Å². The summed E-state index contributed by atoms with van der Waals surface area (Å²) >= 11 is 6.28. The molecule has 0 radical (unpaired) electrons. The number of halogens is 2. The van der Waals surface area contributed by atoms with Crippen molar-refractivity contribution in [3.63, 3.8) is 0 Å². The van der Waals surface area contributed by atoms with E-state index in [-0.39, 0.29) is 16.8 Å². The summed E-state index contributed by atoms with van der Waals surface area (Å²) in [5.41, 5.74) is 1.31. The van der Waals surface area contributed by atoms with Crippen LogP contribution >= 0.6 is 11.6 Å². The highest BCUT2D eigenvalue weighted by Gasteiger charge is 2.25. The van der Waals surface area contributed by atoms with Gasteiger partial charge in [0.15, 0.2) is 11.6 Å². The number of anilines is 1. The van der Waals surface area contributed by atoms with E-state index in [0.29, 0.717) is 30.0 Å². The van der Waals surface area contributed by atoms with Crippen molar-refractivity contribution in [1.29, 1.82) is 0 Å². The third-order valence-corrected chi connectivity index (χ3v) is 4.64. The predicted octanol–water partition coefficient (Wildman–Crippen LogP) is 3.96. The van der Waals surface area contributed by atoms with Gasteiger partial charge in [-0.2, -0.15) is 9.78 Å². The van der Waals surface area contributed by atoms with E-state index in [2.05, 4.69) is 10.4 Å². The molecule has 1 aliphatic rings. The van der Waals surface area contributed by atoms with E-state index >= 15 is 0 Å².